The Morgan fingerprint density at radius 1 is 1.38 bits per heavy atom. The van der Waals surface area contributed by atoms with Crippen LogP contribution in [0.5, 0.6) is 0 Å². The molecule has 1 amide bonds. The first kappa shape index (κ1) is 15.8. The summed E-state index contributed by atoms with van der Waals surface area (Å²) in [4.78, 5) is 19.2. The van der Waals surface area contributed by atoms with E-state index in [1.807, 2.05) is 17.9 Å². The van der Waals surface area contributed by atoms with E-state index < -0.39 is 0 Å². The first-order valence-corrected chi connectivity index (χ1v) is 8.18. The number of aromatic nitrogens is 1. The number of aryl methyl sites for hydroxylation is 1. The number of amides is 1. The Kier molecular flexibility index (Phi) is 5.59. The Balaban J connectivity index is 2.19. The molecule has 2 rings (SSSR count). The summed E-state index contributed by atoms with van der Waals surface area (Å²) in [6.45, 7) is 7.99. The van der Waals surface area contributed by atoms with E-state index in [0.717, 1.165) is 62.1 Å². The first-order chi connectivity index (χ1) is 10.2. The van der Waals surface area contributed by atoms with Gasteiger partial charge in [0.25, 0.3) is 5.91 Å². The second-order valence-electron chi connectivity index (χ2n) is 5.88. The lowest BCUT2D eigenvalue weighted by Gasteiger charge is -2.23. The van der Waals surface area contributed by atoms with Crippen molar-refractivity contribution in [2.45, 2.75) is 58.9 Å². The molecule has 116 valence electrons. The molecule has 1 aromatic rings. The molecule has 4 nitrogen and oxygen atoms in total. The Bertz CT molecular complexity index is 483. The van der Waals surface area contributed by atoms with Crippen molar-refractivity contribution < 1.29 is 4.79 Å². The minimum absolute atomic E-state index is 0.136. The van der Waals surface area contributed by atoms with E-state index >= 15 is 0 Å². The average molecular weight is 289 g/mol. The summed E-state index contributed by atoms with van der Waals surface area (Å²) in [6, 6.07) is 2.43. The molecule has 1 N–H and O–H groups in total. The molecule has 0 unspecified atom stereocenters. The van der Waals surface area contributed by atoms with Gasteiger partial charge >= 0.3 is 0 Å². The van der Waals surface area contributed by atoms with E-state index in [1.54, 1.807) is 6.20 Å². The number of hydrogen-bond donors (Lipinski definition) is 1. The molecule has 1 aliphatic rings. The SMILES string of the molecule is CCCCN(C(=O)c1cnc(C)cc1NCCC)C1CC1. The van der Waals surface area contributed by atoms with E-state index in [9.17, 15) is 4.79 Å². The molecule has 4 heteroatoms. The fourth-order valence-corrected chi connectivity index (χ4v) is 2.46. The van der Waals surface area contributed by atoms with Gasteiger partial charge in [0.2, 0.25) is 0 Å². The maximum Gasteiger partial charge on any atom is 0.257 e. The normalized spacial score (nSPS) is 14.0. The maximum absolute atomic E-state index is 12.9. The highest BCUT2D eigenvalue weighted by Crippen LogP contribution is 2.30. The Morgan fingerprint density at radius 2 is 2.14 bits per heavy atom. The van der Waals surface area contributed by atoms with E-state index in [-0.39, 0.29) is 5.91 Å². The highest BCUT2D eigenvalue weighted by Gasteiger charge is 2.33. The minimum atomic E-state index is 0.136. The van der Waals surface area contributed by atoms with Crippen molar-refractivity contribution in [3.05, 3.63) is 23.5 Å². The summed E-state index contributed by atoms with van der Waals surface area (Å²) in [5, 5.41) is 3.37. The number of nitrogens with zero attached hydrogens (tertiary/aromatic N) is 2. The summed E-state index contributed by atoms with van der Waals surface area (Å²) >= 11 is 0. The monoisotopic (exact) mass is 289 g/mol. The highest BCUT2D eigenvalue weighted by molar-refractivity contribution is 5.99. The van der Waals surface area contributed by atoms with Crippen LogP contribution in [0.1, 0.15) is 62.0 Å². The average Bonchev–Trinajstić information content (AvgIpc) is 3.30. The standard InChI is InChI=1S/C17H27N3O/c1-4-6-10-20(14-7-8-14)17(21)15-12-19-13(3)11-16(15)18-9-5-2/h11-12,14H,4-10H2,1-3H3,(H,18,19). The third-order valence-corrected chi connectivity index (χ3v) is 3.84. The van der Waals surface area contributed by atoms with Crippen molar-refractivity contribution in [2.24, 2.45) is 0 Å². The topological polar surface area (TPSA) is 45.2 Å². The lowest BCUT2D eigenvalue weighted by atomic mass is 10.1. The van der Waals surface area contributed by atoms with Gasteiger partial charge in [-0.1, -0.05) is 20.3 Å². The summed E-state index contributed by atoms with van der Waals surface area (Å²) in [5.41, 5.74) is 2.59. The molecule has 0 saturated heterocycles. The lowest BCUT2D eigenvalue weighted by molar-refractivity contribution is 0.0741. The third-order valence-electron chi connectivity index (χ3n) is 3.84. The van der Waals surface area contributed by atoms with Crippen LogP contribution in [0.2, 0.25) is 0 Å². The third kappa shape index (κ3) is 4.19. The largest absolute Gasteiger partial charge is 0.384 e. The van der Waals surface area contributed by atoms with Gasteiger partial charge in [0.05, 0.1) is 11.3 Å². The molecule has 1 saturated carbocycles. The summed E-state index contributed by atoms with van der Waals surface area (Å²) in [7, 11) is 0. The molecule has 0 bridgehead atoms. The molecule has 1 heterocycles. The molecular weight excluding hydrogens is 262 g/mol. The Labute approximate surface area is 127 Å². The van der Waals surface area contributed by atoms with Crippen molar-refractivity contribution in [2.75, 3.05) is 18.4 Å². The molecule has 1 fully saturated rings. The van der Waals surface area contributed by atoms with Crippen molar-refractivity contribution in [1.29, 1.82) is 0 Å². The quantitative estimate of drug-likeness (QED) is 0.795. The Hall–Kier alpha value is -1.58. The zero-order valence-electron chi connectivity index (χ0n) is 13.5. The fraction of sp³-hybridized carbons (Fsp3) is 0.647. The van der Waals surface area contributed by atoms with Gasteiger partial charge in [-0.15, -0.1) is 0 Å². The van der Waals surface area contributed by atoms with E-state index in [4.69, 9.17) is 0 Å². The number of rotatable bonds is 8. The van der Waals surface area contributed by atoms with Crippen LogP contribution < -0.4 is 5.32 Å². The van der Waals surface area contributed by atoms with Gasteiger partial charge in [-0.3, -0.25) is 9.78 Å². The molecule has 1 aliphatic carbocycles. The maximum atomic E-state index is 12.9. The van der Waals surface area contributed by atoms with Crippen molar-refractivity contribution in [1.82, 2.24) is 9.88 Å². The summed E-state index contributed by atoms with van der Waals surface area (Å²) < 4.78 is 0. The van der Waals surface area contributed by atoms with Crippen LogP contribution in [0.25, 0.3) is 0 Å². The van der Waals surface area contributed by atoms with Crippen LogP contribution in [0, 0.1) is 6.92 Å². The van der Waals surface area contributed by atoms with Crippen LogP contribution >= 0.6 is 0 Å². The highest BCUT2D eigenvalue weighted by atomic mass is 16.2. The molecule has 0 atom stereocenters. The lowest BCUT2D eigenvalue weighted by Crippen LogP contribution is -2.34. The molecular formula is C17H27N3O. The van der Waals surface area contributed by atoms with Crippen molar-refractivity contribution >= 4 is 11.6 Å². The number of carbonyl (C=O) groups is 1. The zero-order valence-corrected chi connectivity index (χ0v) is 13.5. The molecule has 0 aromatic carbocycles. The van der Waals surface area contributed by atoms with Gasteiger partial charge in [-0.2, -0.15) is 0 Å². The molecule has 0 aliphatic heterocycles. The van der Waals surface area contributed by atoms with E-state index in [0.29, 0.717) is 6.04 Å². The van der Waals surface area contributed by atoms with Gasteiger partial charge in [-0.25, -0.2) is 0 Å². The van der Waals surface area contributed by atoms with Crippen LogP contribution in [-0.4, -0.2) is 34.9 Å². The molecule has 1 aromatic heterocycles. The van der Waals surface area contributed by atoms with Crippen molar-refractivity contribution in [3.8, 4) is 0 Å². The van der Waals surface area contributed by atoms with Crippen LogP contribution in [0.4, 0.5) is 5.69 Å². The molecule has 0 radical (unpaired) electrons. The second kappa shape index (κ2) is 7.43. The van der Waals surface area contributed by atoms with E-state index in [1.165, 1.54) is 0 Å². The van der Waals surface area contributed by atoms with Gasteiger partial charge in [0.1, 0.15) is 0 Å². The predicted octanol–water partition coefficient (Wildman–Crippen LogP) is 3.62. The number of hydrogen-bond acceptors (Lipinski definition) is 3. The summed E-state index contributed by atoms with van der Waals surface area (Å²) in [5.74, 6) is 0.136. The van der Waals surface area contributed by atoms with Gasteiger partial charge in [-0.05, 0) is 38.7 Å². The number of nitrogens with one attached hydrogen (secondary N) is 1. The second-order valence-corrected chi connectivity index (χ2v) is 5.88. The molecule has 0 spiro atoms. The fourth-order valence-electron chi connectivity index (χ4n) is 2.46. The van der Waals surface area contributed by atoms with Gasteiger partial charge in [0, 0.05) is 31.0 Å². The number of pyridine rings is 1. The van der Waals surface area contributed by atoms with Crippen LogP contribution in [-0.2, 0) is 0 Å². The zero-order chi connectivity index (χ0) is 15.2. The number of anilines is 1. The molecule has 21 heavy (non-hydrogen) atoms. The van der Waals surface area contributed by atoms with Crippen molar-refractivity contribution in [3.63, 3.8) is 0 Å². The minimum Gasteiger partial charge on any atom is -0.384 e. The van der Waals surface area contributed by atoms with Crippen LogP contribution in [0.3, 0.4) is 0 Å². The predicted molar refractivity (Wildman–Crippen MR) is 86.7 cm³/mol. The van der Waals surface area contributed by atoms with Gasteiger partial charge in [0.15, 0.2) is 0 Å². The Morgan fingerprint density at radius 3 is 2.76 bits per heavy atom. The van der Waals surface area contributed by atoms with Gasteiger partial charge < -0.3 is 10.2 Å². The summed E-state index contributed by atoms with van der Waals surface area (Å²) in [6.07, 6.45) is 7.25. The number of carbonyl (C=O) groups excluding carboxylic acids is 1. The number of unbranched alkanes of at least 4 members (excludes halogenated alkanes) is 1. The van der Waals surface area contributed by atoms with Crippen LogP contribution in [0.15, 0.2) is 12.3 Å². The van der Waals surface area contributed by atoms with E-state index in [2.05, 4.69) is 24.1 Å². The smallest absolute Gasteiger partial charge is 0.257 e. The first-order valence-electron chi connectivity index (χ1n) is 8.18.